The van der Waals surface area contributed by atoms with Crippen LogP contribution in [0.3, 0.4) is 0 Å². The molecule has 0 rings (SSSR count). The van der Waals surface area contributed by atoms with E-state index in [0.717, 1.165) is 0 Å². The van der Waals surface area contributed by atoms with Crippen molar-refractivity contribution in [3.63, 3.8) is 0 Å². The van der Waals surface area contributed by atoms with Crippen LogP contribution in [-0.4, -0.2) is 13.8 Å². The van der Waals surface area contributed by atoms with Crippen molar-refractivity contribution in [2.75, 3.05) is 0 Å². The van der Waals surface area contributed by atoms with Crippen LogP contribution in [0.4, 0.5) is 0 Å². The van der Waals surface area contributed by atoms with Crippen molar-refractivity contribution in [1.82, 2.24) is 0 Å². The number of hydrogen-bond acceptors (Lipinski definition) is 2. The summed E-state index contributed by atoms with van der Waals surface area (Å²) in [6.07, 6.45) is 0.350. The summed E-state index contributed by atoms with van der Waals surface area (Å²) in [5, 5.41) is 6.52. The molecule has 0 aliphatic rings. The van der Waals surface area contributed by atoms with Crippen molar-refractivity contribution in [2.45, 2.75) is 13.3 Å². The smallest absolute Gasteiger partial charge is 0.200 e. The lowest BCUT2D eigenvalue weighted by Crippen LogP contribution is -2.00. The SMILES string of the molecule is CCC(=N)S(=O)O. The van der Waals surface area contributed by atoms with E-state index in [1.807, 2.05) is 0 Å². The van der Waals surface area contributed by atoms with Crippen LogP contribution in [-0.2, 0) is 11.1 Å². The topological polar surface area (TPSA) is 61.2 Å². The van der Waals surface area contributed by atoms with Gasteiger partial charge in [0.15, 0.2) is 0 Å². The molecule has 0 aliphatic carbocycles. The fourth-order valence-corrected chi connectivity index (χ4v) is 0.370. The van der Waals surface area contributed by atoms with Gasteiger partial charge in [-0.05, 0) is 6.42 Å². The van der Waals surface area contributed by atoms with Crippen LogP contribution in [0.2, 0.25) is 0 Å². The maximum atomic E-state index is 9.82. The molecule has 7 heavy (non-hydrogen) atoms. The normalized spacial score (nSPS) is 13.4. The van der Waals surface area contributed by atoms with Crippen molar-refractivity contribution < 1.29 is 8.76 Å². The molecule has 0 aromatic heterocycles. The second kappa shape index (κ2) is 2.87. The third kappa shape index (κ3) is 2.47. The first-order valence-electron chi connectivity index (χ1n) is 1.86. The predicted molar refractivity (Wildman–Crippen MR) is 28.8 cm³/mol. The van der Waals surface area contributed by atoms with Crippen molar-refractivity contribution >= 4 is 16.1 Å². The maximum absolute atomic E-state index is 9.82. The van der Waals surface area contributed by atoms with E-state index in [0.29, 0.717) is 6.42 Å². The minimum absolute atomic E-state index is 0.125. The van der Waals surface area contributed by atoms with E-state index in [1.165, 1.54) is 0 Å². The molecule has 0 aromatic rings. The van der Waals surface area contributed by atoms with Gasteiger partial charge in [-0.15, -0.1) is 0 Å². The Morgan fingerprint density at radius 1 is 2.00 bits per heavy atom. The Balaban J connectivity index is 3.58. The summed E-state index contributed by atoms with van der Waals surface area (Å²) in [4.78, 5) is 0. The lowest BCUT2D eigenvalue weighted by atomic mass is 10.5. The van der Waals surface area contributed by atoms with E-state index in [2.05, 4.69) is 0 Å². The summed E-state index contributed by atoms with van der Waals surface area (Å²) >= 11 is -2.03. The molecule has 42 valence electrons. The summed E-state index contributed by atoms with van der Waals surface area (Å²) < 4.78 is 17.9. The Hall–Kier alpha value is -0.220. The molecule has 3 nitrogen and oxygen atoms in total. The van der Waals surface area contributed by atoms with Crippen LogP contribution >= 0.6 is 0 Å². The van der Waals surface area contributed by atoms with Crippen LogP contribution in [0.15, 0.2) is 0 Å². The highest BCUT2D eigenvalue weighted by Gasteiger charge is 1.96. The van der Waals surface area contributed by atoms with Crippen molar-refractivity contribution in [3.8, 4) is 0 Å². The molecule has 1 unspecified atom stereocenters. The zero-order valence-electron chi connectivity index (χ0n) is 3.97. The molecule has 2 N–H and O–H groups in total. The summed E-state index contributed by atoms with van der Waals surface area (Å²) in [5.74, 6) is 0. The monoisotopic (exact) mass is 121 g/mol. The fraction of sp³-hybridized carbons (Fsp3) is 0.667. The van der Waals surface area contributed by atoms with Crippen LogP contribution < -0.4 is 0 Å². The second-order valence-electron chi connectivity index (χ2n) is 1.03. The van der Waals surface area contributed by atoms with E-state index < -0.39 is 11.1 Å². The molecular weight excluding hydrogens is 114 g/mol. The molecule has 0 aromatic carbocycles. The van der Waals surface area contributed by atoms with Crippen LogP contribution in [0.5, 0.6) is 0 Å². The summed E-state index contributed by atoms with van der Waals surface area (Å²) in [7, 11) is 0. The molecular formula is C3H7NO2S. The first-order valence-corrected chi connectivity index (χ1v) is 2.97. The highest BCUT2D eigenvalue weighted by atomic mass is 32.2. The Morgan fingerprint density at radius 3 is 2.43 bits per heavy atom. The zero-order chi connectivity index (χ0) is 5.86. The second-order valence-corrected chi connectivity index (χ2v) is 2.02. The van der Waals surface area contributed by atoms with Gasteiger partial charge in [0.1, 0.15) is 5.04 Å². The standard InChI is InChI=1S/C3H7NO2S/c1-2-3(4)7(5)6/h4H,2H2,1H3,(H,5,6). The molecule has 0 spiro atoms. The van der Waals surface area contributed by atoms with E-state index >= 15 is 0 Å². The highest BCUT2D eigenvalue weighted by Crippen LogP contribution is 1.83. The number of rotatable bonds is 1. The Bertz CT molecular complexity index is 101. The van der Waals surface area contributed by atoms with Gasteiger partial charge in [-0.1, -0.05) is 6.92 Å². The van der Waals surface area contributed by atoms with Crippen LogP contribution in [0, 0.1) is 5.41 Å². The van der Waals surface area contributed by atoms with Gasteiger partial charge in [0.25, 0.3) is 0 Å². The van der Waals surface area contributed by atoms with Gasteiger partial charge in [0.05, 0.1) is 0 Å². The molecule has 0 bridgehead atoms. The van der Waals surface area contributed by atoms with Crippen LogP contribution in [0.1, 0.15) is 13.3 Å². The van der Waals surface area contributed by atoms with Gasteiger partial charge in [-0.3, -0.25) is 5.41 Å². The molecule has 1 atom stereocenters. The average Bonchev–Trinajstić information content (AvgIpc) is 1.65. The number of nitrogens with one attached hydrogen (secondary N) is 1. The maximum Gasteiger partial charge on any atom is 0.200 e. The first kappa shape index (κ1) is 6.78. The Kier molecular flexibility index (Phi) is 2.78. The quantitative estimate of drug-likeness (QED) is 0.303. The van der Waals surface area contributed by atoms with Gasteiger partial charge >= 0.3 is 0 Å². The lowest BCUT2D eigenvalue weighted by molar-refractivity contribution is 0.576. The predicted octanol–water partition coefficient (Wildman–Crippen LogP) is 0.595. The molecule has 0 saturated carbocycles. The Labute approximate surface area is 44.5 Å². The largest absolute Gasteiger partial charge is 0.301 e. The van der Waals surface area contributed by atoms with E-state index in [9.17, 15) is 4.21 Å². The molecule has 0 saturated heterocycles. The first-order chi connectivity index (χ1) is 3.18. The summed E-state index contributed by atoms with van der Waals surface area (Å²) in [5.41, 5.74) is 0. The molecule has 0 amide bonds. The molecule has 0 radical (unpaired) electrons. The molecule has 0 aliphatic heterocycles. The van der Waals surface area contributed by atoms with E-state index in [1.54, 1.807) is 6.92 Å². The highest BCUT2D eigenvalue weighted by molar-refractivity contribution is 7.95. The fourth-order valence-electron chi connectivity index (χ4n) is 0.123. The van der Waals surface area contributed by atoms with Gasteiger partial charge in [-0.2, -0.15) is 0 Å². The third-order valence-corrected chi connectivity index (χ3v) is 1.24. The zero-order valence-corrected chi connectivity index (χ0v) is 4.79. The molecule has 4 heteroatoms. The van der Waals surface area contributed by atoms with Gasteiger partial charge in [0.2, 0.25) is 11.1 Å². The minimum atomic E-state index is -2.03. The van der Waals surface area contributed by atoms with Gasteiger partial charge < -0.3 is 4.55 Å². The van der Waals surface area contributed by atoms with Gasteiger partial charge in [-0.25, -0.2) is 4.21 Å². The van der Waals surface area contributed by atoms with Crippen LogP contribution in [0.25, 0.3) is 0 Å². The summed E-state index contributed by atoms with van der Waals surface area (Å²) in [6, 6.07) is 0. The van der Waals surface area contributed by atoms with E-state index in [-0.39, 0.29) is 5.04 Å². The number of hydrogen-bond donors (Lipinski definition) is 2. The Morgan fingerprint density at radius 2 is 2.43 bits per heavy atom. The minimum Gasteiger partial charge on any atom is -0.301 e. The van der Waals surface area contributed by atoms with Crippen molar-refractivity contribution in [2.24, 2.45) is 0 Å². The average molecular weight is 121 g/mol. The lowest BCUT2D eigenvalue weighted by Gasteiger charge is -1.86. The third-order valence-electron chi connectivity index (χ3n) is 0.532. The van der Waals surface area contributed by atoms with E-state index in [4.69, 9.17) is 9.96 Å². The van der Waals surface area contributed by atoms with Crippen molar-refractivity contribution in [1.29, 1.82) is 5.41 Å². The summed E-state index contributed by atoms with van der Waals surface area (Å²) in [6.45, 7) is 1.66. The molecule has 0 heterocycles. The van der Waals surface area contributed by atoms with Crippen molar-refractivity contribution in [3.05, 3.63) is 0 Å². The van der Waals surface area contributed by atoms with Gasteiger partial charge in [0, 0.05) is 0 Å². The molecule has 0 fully saturated rings.